The molecule has 7 nitrogen and oxygen atoms in total. The van der Waals surface area contributed by atoms with Crippen LogP contribution in [0, 0.1) is 6.92 Å². The average molecular weight is 247 g/mol. The number of hydrogen-bond acceptors (Lipinski definition) is 6. The number of nitrogen functional groups attached to an aromatic ring is 2. The van der Waals surface area contributed by atoms with Crippen molar-refractivity contribution in [2.45, 2.75) is 13.0 Å². The molecular formula is C11H17N7. The molecule has 0 fully saturated rings. The molecule has 0 saturated heterocycles. The Kier molecular flexibility index (Phi) is 3.17. The third kappa shape index (κ3) is 2.01. The van der Waals surface area contributed by atoms with Gasteiger partial charge in [-0.05, 0) is 18.6 Å². The minimum atomic E-state index is -0.328. The zero-order valence-electron chi connectivity index (χ0n) is 10.4. The third-order valence-electron chi connectivity index (χ3n) is 2.89. The van der Waals surface area contributed by atoms with Gasteiger partial charge in [0, 0.05) is 24.4 Å². The second-order valence-corrected chi connectivity index (χ2v) is 4.20. The molecule has 7 N–H and O–H groups in total. The van der Waals surface area contributed by atoms with Crippen molar-refractivity contribution in [3.63, 3.8) is 0 Å². The predicted molar refractivity (Wildman–Crippen MR) is 70.2 cm³/mol. The summed E-state index contributed by atoms with van der Waals surface area (Å²) in [6.07, 6.45) is 3.38. The monoisotopic (exact) mass is 247 g/mol. The van der Waals surface area contributed by atoms with Crippen LogP contribution in [0.25, 0.3) is 0 Å². The smallest absolute Gasteiger partial charge is 0.128 e. The number of nitrogens with two attached hydrogens (primary N) is 3. The van der Waals surface area contributed by atoms with Crippen LogP contribution in [-0.2, 0) is 7.05 Å². The molecule has 0 aliphatic carbocycles. The average Bonchev–Trinajstić information content (AvgIpc) is 2.67. The number of nitrogens with one attached hydrogen (secondary N) is 1. The summed E-state index contributed by atoms with van der Waals surface area (Å²) < 4.78 is 1.58. The topological polar surface area (TPSA) is 121 Å². The number of pyridine rings is 1. The highest BCUT2D eigenvalue weighted by Crippen LogP contribution is 2.28. The highest BCUT2D eigenvalue weighted by molar-refractivity contribution is 5.52. The van der Waals surface area contributed by atoms with Gasteiger partial charge in [0.1, 0.15) is 11.6 Å². The van der Waals surface area contributed by atoms with Crippen LogP contribution in [0.3, 0.4) is 0 Å². The molecule has 0 aliphatic rings. The first kappa shape index (κ1) is 12.3. The zero-order valence-corrected chi connectivity index (χ0v) is 10.4. The molecule has 7 heteroatoms. The van der Waals surface area contributed by atoms with Gasteiger partial charge in [0.25, 0.3) is 0 Å². The van der Waals surface area contributed by atoms with Gasteiger partial charge in [0.15, 0.2) is 0 Å². The van der Waals surface area contributed by atoms with Gasteiger partial charge in [0.05, 0.1) is 12.2 Å². The van der Waals surface area contributed by atoms with E-state index in [0.29, 0.717) is 11.6 Å². The molecule has 0 radical (unpaired) electrons. The quantitative estimate of drug-likeness (QED) is 0.442. The Morgan fingerprint density at radius 3 is 2.56 bits per heavy atom. The summed E-state index contributed by atoms with van der Waals surface area (Å²) in [6, 6.07) is 1.60. The van der Waals surface area contributed by atoms with Crippen LogP contribution in [-0.4, -0.2) is 14.8 Å². The number of aromatic nitrogens is 3. The summed E-state index contributed by atoms with van der Waals surface area (Å²) in [6.45, 7) is 1.94. The molecular weight excluding hydrogens is 230 g/mol. The van der Waals surface area contributed by atoms with Crippen molar-refractivity contribution in [1.29, 1.82) is 0 Å². The van der Waals surface area contributed by atoms with Gasteiger partial charge in [0.2, 0.25) is 0 Å². The Hall–Kier alpha value is -2.12. The highest BCUT2D eigenvalue weighted by atomic mass is 15.3. The zero-order chi connectivity index (χ0) is 13.3. The molecule has 2 aromatic heterocycles. The molecule has 0 spiro atoms. The molecule has 96 valence electrons. The standard InChI is InChI=1S/C11H17N7/c1-6-3-7(10(12)15-4-6)9(17-14)8-5-16-18(2)11(8)13/h3-5,9,17H,13-14H2,1-2H3,(H2,12,15). The number of hydrazine groups is 1. The van der Waals surface area contributed by atoms with E-state index in [9.17, 15) is 0 Å². The van der Waals surface area contributed by atoms with Crippen molar-refractivity contribution in [3.8, 4) is 0 Å². The number of hydrogen-bond donors (Lipinski definition) is 4. The maximum atomic E-state index is 5.95. The van der Waals surface area contributed by atoms with Crippen molar-refractivity contribution in [2.75, 3.05) is 11.5 Å². The molecule has 18 heavy (non-hydrogen) atoms. The van der Waals surface area contributed by atoms with E-state index < -0.39 is 0 Å². The second-order valence-electron chi connectivity index (χ2n) is 4.20. The van der Waals surface area contributed by atoms with Crippen LogP contribution in [0.4, 0.5) is 11.6 Å². The maximum Gasteiger partial charge on any atom is 0.128 e. The summed E-state index contributed by atoms with van der Waals surface area (Å²) in [5.74, 6) is 6.57. The van der Waals surface area contributed by atoms with Gasteiger partial charge in [-0.3, -0.25) is 10.5 Å². The van der Waals surface area contributed by atoms with E-state index >= 15 is 0 Å². The molecule has 1 atom stereocenters. The third-order valence-corrected chi connectivity index (χ3v) is 2.89. The largest absolute Gasteiger partial charge is 0.384 e. The first-order valence-electron chi connectivity index (χ1n) is 5.50. The summed E-state index contributed by atoms with van der Waals surface area (Å²) in [7, 11) is 1.77. The summed E-state index contributed by atoms with van der Waals surface area (Å²) in [4.78, 5) is 4.12. The van der Waals surface area contributed by atoms with E-state index in [4.69, 9.17) is 17.3 Å². The fourth-order valence-corrected chi connectivity index (χ4v) is 1.87. The summed E-state index contributed by atoms with van der Waals surface area (Å²) >= 11 is 0. The Morgan fingerprint density at radius 2 is 2.00 bits per heavy atom. The van der Waals surface area contributed by atoms with Gasteiger partial charge >= 0.3 is 0 Å². The van der Waals surface area contributed by atoms with Crippen molar-refractivity contribution >= 4 is 11.6 Å². The van der Waals surface area contributed by atoms with Gasteiger partial charge in [-0.1, -0.05) is 0 Å². The Bertz CT molecular complexity index is 561. The second kappa shape index (κ2) is 4.63. The number of rotatable bonds is 3. The Balaban J connectivity index is 2.51. The molecule has 0 aliphatic heterocycles. The number of aryl methyl sites for hydroxylation is 2. The molecule has 0 bridgehead atoms. The fraction of sp³-hybridized carbons (Fsp3) is 0.273. The molecule has 0 amide bonds. The number of anilines is 2. The van der Waals surface area contributed by atoms with Gasteiger partial charge in [-0.2, -0.15) is 5.10 Å². The van der Waals surface area contributed by atoms with Gasteiger partial charge < -0.3 is 11.5 Å². The first-order chi connectivity index (χ1) is 8.54. The summed E-state index contributed by atoms with van der Waals surface area (Å²) in [5, 5.41) is 4.10. The fourth-order valence-electron chi connectivity index (χ4n) is 1.87. The van der Waals surface area contributed by atoms with Crippen LogP contribution in [0.5, 0.6) is 0 Å². The van der Waals surface area contributed by atoms with Crippen molar-refractivity contribution in [1.82, 2.24) is 20.2 Å². The Labute approximate surface area is 105 Å². The lowest BCUT2D eigenvalue weighted by atomic mass is 10.0. The lowest BCUT2D eigenvalue weighted by Gasteiger charge is -2.17. The van der Waals surface area contributed by atoms with Crippen LogP contribution in [0.1, 0.15) is 22.7 Å². The minimum Gasteiger partial charge on any atom is -0.384 e. The molecule has 2 heterocycles. The SMILES string of the molecule is Cc1cnc(N)c(C(NN)c2cnn(C)c2N)c1. The van der Waals surface area contributed by atoms with Crippen molar-refractivity contribution < 1.29 is 0 Å². The lowest BCUT2D eigenvalue weighted by Crippen LogP contribution is -2.30. The predicted octanol–water partition coefficient (Wildman–Crippen LogP) is -0.159. The molecule has 2 rings (SSSR count). The van der Waals surface area contributed by atoms with E-state index in [1.807, 2.05) is 13.0 Å². The van der Waals surface area contributed by atoms with Crippen molar-refractivity contribution in [3.05, 3.63) is 35.2 Å². The van der Waals surface area contributed by atoms with Crippen LogP contribution in [0.2, 0.25) is 0 Å². The Morgan fingerprint density at radius 1 is 1.28 bits per heavy atom. The van der Waals surface area contributed by atoms with E-state index in [0.717, 1.165) is 16.7 Å². The molecule has 2 aromatic rings. The van der Waals surface area contributed by atoms with Crippen LogP contribution in [0.15, 0.2) is 18.5 Å². The lowest BCUT2D eigenvalue weighted by molar-refractivity contribution is 0.637. The van der Waals surface area contributed by atoms with E-state index in [1.165, 1.54) is 0 Å². The van der Waals surface area contributed by atoms with Crippen LogP contribution >= 0.6 is 0 Å². The van der Waals surface area contributed by atoms with Crippen LogP contribution < -0.4 is 22.7 Å². The maximum absolute atomic E-state index is 5.95. The van der Waals surface area contributed by atoms with Gasteiger partial charge in [-0.15, -0.1) is 0 Å². The van der Waals surface area contributed by atoms with E-state index in [1.54, 1.807) is 24.1 Å². The van der Waals surface area contributed by atoms with E-state index in [2.05, 4.69) is 15.5 Å². The van der Waals surface area contributed by atoms with Crippen molar-refractivity contribution in [2.24, 2.45) is 12.9 Å². The normalized spacial score (nSPS) is 12.6. The highest BCUT2D eigenvalue weighted by Gasteiger charge is 2.21. The summed E-state index contributed by atoms with van der Waals surface area (Å²) in [5.41, 5.74) is 17.1. The molecule has 0 saturated carbocycles. The molecule has 0 aromatic carbocycles. The molecule has 1 unspecified atom stereocenters. The van der Waals surface area contributed by atoms with Gasteiger partial charge in [-0.25, -0.2) is 10.4 Å². The van der Waals surface area contributed by atoms with E-state index in [-0.39, 0.29) is 6.04 Å². The first-order valence-corrected chi connectivity index (χ1v) is 5.50. The minimum absolute atomic E-state index is 0.328. The number of nitrogens with zero attached hydrogens (tertiary/aromatic N) is 3.